The van der Waals surface area contributed by atoms with Crippen LogP contribution in [-0.2, 0) is 11.3 Å². The molecule has 1 amide bonds. The Labute approximate surface area is 172 Å². The van der Waals surface area contributed by atoms with E-state index in [0.717, 1.165) is 22.4 Å². The van der Waals surface area contributed by atoms with Gasteiger partial charge in [-0.2, -0.15) is 0 Å². The molecule has 1 unspecified atom stereocenters. The van der Waals surface area contributed by atoms with Gasteiger partial charge in [-0.15, -0.1) is 0 Å². The summed E-state index contributed by atoms with van der Waals surface area (Å²) in [6.07, 6.45) is 0.174. The molecule has 0 aliphatic rings. The topological polar surface area (TPSA) is 38.8 Å². The highest BCUT2D eigenvalue weighted by molar-refractivity contribution is 5.67. The molecule has 0 N–H and O–H groups in total. The molecule has 0 aliphatic carbocycles. The first kappa shape index (κ1) is 20.5. The lowest BCUT2D eigenvalue weighted by Crippen LogP contribution is -2.30. The lowest BCUT2D eigenvalue weighted by atomic mass is 10.1. The maximum absolute atomic E-state index is 12.3. The van der Waals surface area contributed by atoms with Gasteiger partial charge >= 0.3 is 6.09 Å². The van der Waals surface area contributed by atoms with E-state index in [1.54, 1.807) is 11.9 Å². The molecule has 0 saturated heterocycles. The van der Waals surface area contributed by atoms with E-state index in [-0.39, 0.29) is 18.8 Å². The van der Waals surface area contributed by atoms with Crippen LogP contribution < -0.4 is 4.74 Å². The first-order valence-electron chi connectivity index (χ1n) is 9.82. The molecule has 0 bridgehead atoms. The average Bonchev–Trinajstić information content (AvgIpc) is 2.77. The number of aryl methyl sites for hydroxylation is 1. The summed E-state index contributed by atoms with van der Waals surface area (Å²) in [5.41, 5.74) is 3.14. The first-order valence-corrected chi connectivity index (χ1v) is 9.82. The summed E-state index contributed by atoms with van der Waals surface area (Å²) < 4.78 is 11.7. The number of hydrogen-bond acceptors (Lipinski definition) is 3. The van der Waals surface area contributed by atoms with Gasteiger partial charge in [0, 0.05) is 20.0 Å². The fourth-order valence-electron chi connectivity index (χ4n) is 3.03. The number of carbonyl (C=O) groups excluding carboxylic acids is 1. The molecule has 0 heterocycles. The Morgan fingerprint density at radius 3 is 2.21 bits per heavy atom. The number of nitrogens with zero attached hydrogens (tertiary/aromatic N) is 1. The van der Waals surface area contributed by atoms with E-state index in [1.165, 1.54) is 0 Å². The molecule has 0 fully saturated rings. The van der Waals surface area contributed by atoms with Crippen molar-refractivity contribution in [2.75, 3.05) is 13.6 Å². The van der Waals surface area contributed by atoms with Crippen molar-refractivity contribution in [3.05, 3.63) is 102 Å². The lowest BCUT2D eigenvalue weighted by molar-refractivity contribution is 0.0978. The van der Waals surface area contributed by atoms with Crippen molar-refractivity contribution < 1.29 is 14.3 Å². The highest BCUT2D eigenvalue weighted by atomic mass is 16.6. The van der Waals surface area contributed by atoms with Gasteiger partial charge in [-0.05, 0) is 29.7 Å². The Hall–Kier alpha value is -3.27. The van der Waals surface area contributed by atoms with Crippen molar-refractivity contribution >= 4 is 6.09 Å². The van der Waals surface area contributed by atoms with Crippen LogP contribution in [0.5, 0.6) is 5.75 Å². The van der Waals surface area contributed by atoms with E-state index in [2.05, 4.69) is 12.1 Å². The van der Waals surface area contributed by atoms with Crippen LogP contribution >= 0.6 is 0 Å². The molecule has 3 aromatic rings. The standard InChI is InChI=1S/C25H27NO3/c1-20-11-9-10-16-23(20)29-24(22-14-7-4-8-15-22)17-18-26(2)25(27)28-19-21-12-5-3-6-13-21/h3-16,24H,17-19H2,1-2H3. The Kier molecular flexibility index (Phi) is 7.28. The zero-order chi connectivity index (χ0) is 20.5. The normalized spacial score (nSPS) is 11.5. The molecule has 4 heteroatoms. The minimum absolute atomic E-state index is 0.151. The van der Waals surface area contributed by atoms with E-state index in [1.807, 2.05) is 79.7 Å². The summed E-state index contributed by atoms with van der Waals surface area (Å²) >= 11 is 0. The van der Waals surface area contributed by atoms with Gasteiger partial charge in [0.25, 0.3) is 0 Å². The van der Waals surface area contributed by atoms with Gasteiger partial charge < -0.3 is 14.4 Å². The van der Waals surface area contributed by atoms with Gasteiger partial charge in [-0.25, -0.2) is 4.79 Å². The minimum atomic E-state index is -0.337. The Bertz CT molecular complexity index is 896. The van der Waals surface area contributed by atoms with Crippen LogP contribution in [0, 0.1) is 6.92 Å². The van der Waals surface area contributed by atoms with E-state index >= 15 is 0 Å². The Morgan fingerprint density at radius 1 is 0.897 bits per heavy atom. The van der Waals surface area contributed by atoms with Crippen LogP contribution in [-0.4, -0.2) is 24.6 Å². The van der Waals surface area contributed by atoms with Gasteiger partial charge in [0.2, 0.25) is 0 Å². The number of hydrogen-bond donors (Lipinski definition) is 0. The number of ether oxygens (including phenoxy) is 2. The summed E-state index contributed by atoms with van der Waals surface area (Å²) in [4.78, 5) is 13.9. The van der Waals surface area contributed by atoms with Gasteiger partial charge in [-0.3, -0.25) is 0 Å². The quantitative estimate of drug-likeness (QED) is 0.491. The summed E-state index contributed by atoms with van der Waals surface area (Å²) in [5, 5.41) is 0. The van der Waals surface area contributed by atoms with Crippen LogP contribution in [0.4, 0.5) is 4.79 Å². The second-order valence-electron chi connectivity index (χ2n) is 7.03. The number of para-hydroxylation sites is 1. The molecule has 1 atom stereocenters. The summed E-state index contributed by atoms with van der Waals surface area (Å²) in [6.45, 7) is 2.83. The third-order valence-corrected chi connectivity index (χ3v) is 4.78. The van der Waals surface area contributed by atoms with Gasteiger partial charge in [0.15, 0.2) is 0 Å². The predicted octanol–water partition coefficient (Wildman–Crippen LogP) is 5.77. The van der Waals surface area contributed by atoms with Crippen molar-refractivity contribution in [1.29, 1.82) is 0 Å². The molecule has 0 saturated carbocycles. The highest BCUT2D eigenvalue weighted by Crippen LogP contribution is 2.27. The SMILES string of the molecule is Cc1ccccc1OC(CCN(C)C(=O)OCc1ccccc1)c1ccccc1. The number of carbonyl (C=O) groups is 1. The van der Waals surface area contributed by atoms with Crippen molar-refractivity contribution in [3.8, 4) is 5.75 Å². The fraction of sp³-hybridized carbons (Fsp3) is 0.240. The number of rotatable bonds is 8. The zero-order valence-corrected chi connectivity index (χ0v) is 17.0. The van der Waals surface area contributed by atoms with Crippen molar-refractivity contribution in [2.45, 2.75) is 26.1 Å². The highest BCUT2D eigenvalue weighted by Gasteiger charge is 2.18. The maximum atomic E-state index is 12.3. The molecular weight excluding hydrogens is 362 g/mol. The molecule has 150 valence electrons. The van der Waals surface area contributed by atoms with Gasteiger partial charge in [0.05, 0.1) is 0 Å². The third-order valence-electron chi connectivity index (χ3n) is 4.78. The Balaban J connectivity index is 1.60. The van der Waals surface area contributed by atoms with E-state index in [4.69, 9.17) is 9.47 Å². The molecular formula is C25H27NO3. The smallest absolute Gasteiger partial charge is 0.409 e. The van der Waals surface area contributed by atoms with Gasteiger partial charge in [-0.1, -0.05) is 78.9 Å². The maximum Gasteiger partial charge on any atom is 0.409 e. The molecule has 0 aliphatic heterocycles. The lowest BCUT2D eigenvalue weighted by Gasteiger charge is -2.24. The minimum Gasteiger partial charge on any atom is -0.485 e. The summed E-state index contributed by atoms with van der Waals surface area (Å²) in [5.74, 6) is 0.857. The molecule has 29 heavy (non-hydrogen) atoms. The molecule has 3 aromatic carbocycles. The van der Waals surface area contributed by atoms with Gasteiger partial charge in [0.1, 0.15) is 18.5 Å². The van der Waals surface area contributed by atoms with Crippen LogP contribution in [0.3, 0.4) is 0 Å². The van der Waals surface area contributed by atoms with Crippen molar-refractivity contribution in [3.63, 3.8) is 0 Å². The van der Waals surface area contributed by atoms with Crippen molar-refractivity contribution in [1.82, 2.24) is 4.90 Å². The molecule has 4 nitrogen and oxygen atoms in total. The average molecular weight is 389 g/mol. The monoisotopic (exact) mass is 389 g/mol. The van der Waals surface area contributed by atoms with Crippen LogP contribution in [0.2, 0.25) is 0 Å². The second kappa shape index (κ2) is 10.3. The largest absolute Gasteiger partial charge is 0.485 e. The van der Waals surface area contributed by atoms with Crippen LogP contribution in [0.25, 0.3) is 0 Å². The predicted molar refractivity (Wildman–Crippen MR) is 115 cm³/mol. The van der Waals surface area contributed by atoms with E-state index in [9.17, 15) is 4.79 Å². The number of amides is 1. The van der Waals surface area contributed by atoms with Crippen molar-refractivity contribution in [2.24, 2.45) is 0 Å². The second-order valence-corrected chi connectivity index (χ2v) is 7.03. The molecule has 0 spiro atoms. The number of benzene rings is 3. The van der Waals surface area contributed by atoms with Crippen LogP contribution in [0.1, 0.15) is 29.2 Å². The molecule has 0 aromatic heterocycles. The molecule has 0 radical (unpaired) electrons. The van der Waals surface area contributed by atoms with E-state index in [0.29, 0.717) is 13.0 Å². The van der Waals surface area contributed by atoms with Crippen LogP contribution in [0.15, 0.2) is 84.9 Å². The fourth-order valence-corrected chi connectivity index (χ4v) is 3.03. The van der Waals surface area contributed by atoms with E-state index < -0.39 is 0 Å². The summed E-state index contributed by atoms with van der Waals surface area (Å²) in [6, 6.07) is 27.7. The zero-order valence-electron chi connectivity index (χ0n) is 17.0. The third kappa shape index (κ3) is 6.11. The first-order chi connectivity index (χ1) is 14.1. The summed E-state index contributed by atoms with van der Waals surface area (Å²) in [7, 11) is 1.75. The molecule has 3 rings (SSSR count). The Morgan fingerprint density at radius 2 is 1.52 bits per heavy atom.